The van der Waals surface area contributed by atoms with E-state index in [0.29, 0.717) is 26.4 Å². The van der Waals surface area contributed by atoms with Crippen molar-refractivity contribution in [3.8, 4) is 0 Å². The summed E-state index contributed by atoms with van der Waals surface area (Å²) in [5.74, 6) is 0. The fraction of sp³-hybridized carbons (Fsp3) is 0.333. The van der Waals surface area contributed by atoms with Gasteiger partial charge in [0.25, 0.3) is 5.56 Å². The third-order valence-corrected chi connectivity index (χ3v) is 6.00. The zero-order valence-corrected chi connectivity index (χ0v) is 17.5. The number of nitrogens with zero attached hydrogens (tertiary/aromatic N) is 1. The van der Waals surface area contributed by atoms with Gasteiger partial charge in [-0.15, -0.1) is 0 Å². The molecule has 0 amide bonds. The lowest BCUT2D eigenvalue weighted by atomic mass is 10.00. The van der Waals surface area contributed by atoms with E-state index >= 15 is 0 Å². The number of aromatic nitrogens is 2. The number of fused-ring (bicyclic) bond motifs is 2. The van der Waals surface area contributed by atoms with Crippen molar-refractivity contribution < 1.29 is 14.2 Å². The number of hydrogen-bond acceptors (Lipinski definition) is 6. The molecule has 2 aromatic carbocycles. The van der Waals surface area contributed by atoms with Crippen LogP contribution in [0, 0.1) is 0 Å². The largest absolute Gasteiger partial charge is 0.374 e. The second-order valence-electron chi connectivity index (χ2n) is 8.19. The van der Waals surface area contributed by atoms with Crippen molar-refractivity contribution >= 4 is 0 Å². The molecule has 3 aromatic rings. The molecule has 2 fully saturated rings. The van der Waals surface area contributed by atoms with Crippen LogP contribution in [-0.2, 0) is 27.4 Å². The molecule has 2 aliphatic heterocycles. The summed E-state index contributed by atoms with van der Waals surface area (Å²) in [4.78, 5) is 26.2. The Hall–Kier alpha value is -3.04. The molecule has 4 atom stereocenters. The van der Waals surface area contributed by atoms with Crippen molar-refractivity contribution in [3.05, 3.63) is 105 Å². The summed E-state index contributed by atoms with van der Waals surface area (Å²) in [6, 6.07) is 20.9. The average molecular weight is 435 g/mol. The minimum Gasteiger partial charge on any atom is -0.374 e. The average Bonchev–Trinajstić information content (AvgIpc) is 3.31. The molecule has 8 nitrogen and oxygen atoms in total. The molecular weight excluding hydrogens is 410 g/mol. The van der Waals surface area contributed by atoms with E-state index in [4.69, 9.17) is 14.2 Å². The number of H-pyrrole nitrogens is 1. The first-order chi connectivity index (χ1) is 15.6. The molecule has 3 heterocycles. The Morgan fingerprint density at radius 3 is 2.34 bits per heavy atom. The molecule has 2 N–H and O–H groups in total. The third kappa shape index (κ3) is 4.05. The Morgan fingerprint density at radius 1 is 0.969 bits per heavy atom. The zero-order chi connectivity index (χ0) is 22.0. The van der Waals surface area contributed by atoms with Gasteiger partial charge in [0.2, 0.25) is 0 Å². The molecule has 0 radical (unpaired) electrons. The van der Waals surface area contributed by atoms with E-state index in [0.717, 1.165) is 11.1 Å². The van der Waals surface area contributed by atoms with Gasteiger partial charge < -0.3 is 19.5 Å². The molecule has 1 aromatic heterocycles. The summed E-state index contributed by atoms with van der Waals surface area (Å²) in [6.45, 7) is 1.71. The topological polar surface area (TPSA) is 94.6 Å². The lowest BCUT2D eigenvalue weighted by Crippen LogP contribution is -2.48. The van der Waals surface area contributed by atoms with Crippen LogP contribution in [0.3, 0.4) is 0 Å². The quantitative estimate of drug-likeness (QED) is 0.558. The molecular formula is C24H25N3O5. The molecule has 166 valence electrons. The van der Waals surface area contributed by atoms with Gasteiger partial charge in [-0.1, -0.05) is 60.7 Å². The van der Waals surface area contributed by atoms with Crippen LogP contribution in [0.25, 0.3) is 0 Å². The zero-order valence-electron chi connectivity index (χ0n) is 17.5. The second-order valence-corrected chi connectivity index (χ2v) is 8.19. The molecule has 2 bridgehead atoms. The number of nitrogens with one attached hydrogen (secondary N) is 2. The van der Waals surface area contributed by atoms with Crippen LogP contribution >= 0.6 is 0 Å². The van der Waals surface area contributed by atoms with Crippen LogP contribution in [0.5, 0.6) is 0 Å². The summed E-state index contributed by atoms with van der Waals surface area (Å²) >= 11 is 0. The minimum atomic E-state index is -0.755. The van der Waals surface area contributed by atoms with E-state index < -0.39 is 23.1 Å². The molecule has 8 heteroatoms. The lowest BCUT2D eigenvalue weighted by Gasteiger charge is -2.32. The van der Waals surface area contributed by atoms with E-state index in [1.54, 1.807) is 0 Å². The summed E-state index contributed by atoms with van der Waals surface area (Å²) in [5, 5.41) is 3.44. The Kier molecular flexibility index (Phi) is 5.75. The fourth-order valence-electron chi connectivity index (χ4n) is 4.45. The highest BCUT2D eigenvalue weighted by molar-refractivity contribution is 5.17. The summed E-state index contributed by atoms with van der Waals surface area (Å²) in [7, 11) is 0. The highest BCUT2D eigenvalue weighted by atomic mass is 16.6. The number of morpholine rings is 1. The van der Waals surface area contributed by atoms with Gasteiger partial charge in [-0.25, -0.2) is 4.79 Å². The van der Waals surface area contributed by atoms with Crippen molar-refractivity contribution in [2.75, 3.05) is 13.2 Å². The van der Waals surface area contributed by atoms with Gasteiger partial charge in [0, 0.05) is 18.8 Å². The maximum absolute atomic E-state index is 12.4. The van der Waals surface area contributed by atoms with Gasteiger partial charge in [0.15, 0.2) is 6.23 Å². The van der Waals surface area contributed by atoms with E-state index in [-0.39, 0.29) is 12.1 Å². The SMILES string of the molecule is O=c1ccn(C2O[C@@]3(COCc4ccccc4)CN[C@@H]2[C@@H]3OCc2ccccc2)c(=O)[nH]1. The maximum Gasteiger partial charge on any atom is 0.330 e. The fourth-order valence-corrected chi connectivity index (χ4v) is 4.45. The monoisotopic (exact) mass is 435 g/mol. The third-order valence-electron chi connectivity index (χ3n) is 6.00. The number of benzene rings is 2. The second kappa shape index (κ2) is 8.84. The summed E-state index contributed by atoms with van der Waals surface area (Å²) in [6.07, 6.45) is 0.512. The standard InChI is InChI=1S/C24H25N3O5/c28-19-11-12-27(23(29)26-19)22-20-21(31-14-18-9-5-2-6-10-18)24(32-22,15-25-20)16-30-13-17-7-3-1-4-8-17/h1-12,20-22,25H,13-16H2,(H,26,28,29)/t20-,21+,22?,24-/m1/s1. The highest BCUT2D eigenvalue weighted by Crippen LogP contribution is 2.43. The van der Waals surface area contributed by atoms with Crippen molar-refractivity contribution in [2.45, 2.75) is 37.2 Å². The molecule has 0 aliphatic carbocycles. The molecule has 0 saturated carbocycles. The Bertz CT molecular complexity index is 1160. The van der Waals surface area contributed by atoms with Crippen LogP contribution in [-0.4, -0.2) is 40.4 Å². The van der Waals surface area contributed by atoms with Crippen molar-refractivity contribution in [1.82, 2.24) is 14.9 Å². The molecule has 5 rings (SSSR count). The molecule has 0 spiro atoms. The molecule has 1 unspecified atom stereocenters. The van der Waals surface area contributed by atoms with Crippen LogP contribution in [0.15, 0.2) is 82.5 Å². The maximum atomic E-state index is 12.4. The number of aromatic amines is 1. The Morgan fingerprint density at radius 2 is 1.66 bits per heavy atom. The predicted octanol–water partition coefficient (Wildman–Crippen LogP) is 1.58. The van der Waals surface area contributed by atoms with Crippen molar-refractivity contribution in [3.63, 3.8) is 0 Å². The number of ether oxygens (including phenoxy) is 3. The normalized spacial score (nSPS) is 26.4. The van der Waals surface area contributed by atoms with Crippen LogP contribution < -0.4 is 16.6 Å². The molecule has 2 saturated heterocycles. The van der Waals surface area contributed by atoms with E-state index in [1.165, 1.54) is 16.8 Å². The van der Waals surface area contributed by atoms with Gasteiger partial charge in [-0.2, -0.15) is 0 Å². The Labute approximate surface area is 184 Å². The van der Waals surface area contributed by atoms with Crippen LogP contribution in [0.4, 0.5) is 0 Å². The lowest BCUT2D eigenvalue weighted by molar-refractivity contribution is -0.155. The molecule has 32 heavy (non-hydrogen) atoms. The number of rotatable bonds is 8. The minimum absolute atomic E-state index is 0.261. The molecule has 2 aliphatic rings. The van der Waals surface area contributed by atoms with Gasteiger partial charge in [-0.3, -0.25) is 14.3 Å². The van der Waals surface area contributed by atoms with E-state index in [1.807, 2.05) is 60.7 Å². The Balaban J connectivity index is 1.37. The first-order valence-electron chi connectivity index (χ1n) is 10.6. The van der Waals surface area contributed by atoms with Crippen LogP contribution in [0.2, 0.25) is 0 Å². The van der Waals surface area contributed by atoms with Crippen LogP contribution in [0.1, 0.15) is 17.4 Å². The van der Waals surface area contributed by atoms with E-state index in [9.17, 15) is 9.59 Å². The van der Waals surface area contributed by atoms with Gasteiger partial charge in [-0.05, 0) is 11.1 Å². The first kappa shape index (κ1) is 20.8. The number of hydrogen-bond donors (Lipinski definition) is 2. The predicted molar refractivity (Wildman–Crippen MR) is 117 cm³/mol. The van der Waals surface area contributed by atoms with E-state index in [2.05, 4.69) is 10.3 Å². The smallest absolute Gasteiger partial charge is 0.330 e. The van der Waals surface area contributed by atoms with Crippen molar-refractivity contribution in [1.29, 1.82) is 0 Å². The summed E-state index contributed by atoms with van der Waals surface area (Å²) < 4.78 is 20.2. The summed E-state index contributed by atoms with van der Waals surface area (Å²) in [5.41, 5.74) is 0.407. The van der Waals surface area contributed by atoms with Gasteiger partial charge in [0.1, 0.15) is 11.7 Å². The van der Waals surface area contributed by atoms with Gasteiger partial charge >= 0.3 is 5.69 Å². The van der Waals surface area contributed by atoms with Gasteiger partial charge in [0.05, 0.1) is 25.9 Å². The first-order valence-corrected chi connectivity index (χ1v) is 10.6. The van der Waals surface area contributed by atoms with Crippen molar-refractivity contribution in [2.24, 2.45) is 0 Å². The highest BCUT2D eigenvalue weighted by Gasteiger charge is 2.62.